The lowest BCUT2D eigenvalue weighted by atomic mass is 10.0. The van der Waals surface area contributed by atoms with E-state index in [1.54, 1.807) is 0 Å². The largest absolute Gasteiger partial charge is 0.492 e. The van der Waals surface area contributed by atoms with Crippen molar-refractivity contribution in [2.45, 2.75) is 39.7 Å². The summed E-state index contributed by atoms with van der Waals surface area (Å²) in [6.07, 6.45) is 0. The Morgan fingerprint density at radius 2 is 1.88 bits per heavy atom. The smallest absolute Gasteiger partial charge is 0.119 e. The van der Waals surface area contributed by atoms with E-state index in [0.717, 1.165) is 12.4 Å². The molecule has 1 N–H and O–H groups in total. The topological polar surface area (TPSA) is 21.3 Å². The van der Waals surface area contributed by atoms with Gasteiger partial charge in [-0.1, -0.05) is 39.8 Å². The molecule has 1 unspecified atom stereocenters. The highest BCUT2D eigenvalue weighted by atomic mass is 16.5. The van der Waals surface area contributed by atoms with Gasteiger partial charge in [-0.2, -0.15) is 0 Å². The van der Waals surface area contributed by atoms with Crippen molar-refractivity contribution in [3.05, 3.63) is 29.8 Å². The number of hydrogen-bond acceptors (Lipinski definition) is 2. The van der Waals surface area contributed by atoms with E-state index in [4.69, 9.17) is 4.74 Å². The molecular formula is C15H25NO. The molecule has 1 atom stereocenters. The van der Waals surface area contributed by atoms with Crippen molar-refractivity contribution in [3.8, 4) is 5.75 Å². The van der Waals surface area contributed by atoms with Gasteiger partial charge in [0.05, 0.1) is 0 Å². The van der Waals surface area contributed by atoms with Crippen LogP contribution in [-0.4, -0.2) is 19.7 Å². The van der Waals surface area contributed by atoms with Gasteiger partial charge in [-0.05, 0) is 36.6 Å². The van der Waals surface area contributed by atoms with E-state index in [-0.39, 0.29) is 0 Å². The van der Waals surface area contributed by atoms with Crippen LogP contribution in [0.5, 0.6) is 5.75 Å². The SMILES string of the molecule is CNC(COc1cccc(C(C)C)c1)C(C)C. The number of hydrogen-bond donors (Lipinski definition) is 1. The summed E-state index contributed by atoms with van der Waals surface area (Å²) in [4.78, 5) is 0. The molecule has 0 spiro atoms. The quantitative estimate of drug-likeness (QED) is 0.815. The first kappa shape index (κ1) is 14.0. The van der Waals surface area contributed by atoms with Gasteiger partial charge in [0.15, 0.2) is 0 Å². The van der Waals surface area contributed by atoms with E-state index in [0.29, 0.717) is 17.9 Å². The molecule has 0 bridgehead atoms. The van der Waals surface area contributed by atoms with Gasteiger partial charge in [-0.15, -0.1) is 0 Å². The third-order valence-electron chi connectivity index (χ3n) is 3.13. The summed E-state index contributed by atoms with van der Waals surface area (Å²) < 4.78 is 5.85. The highest BCUT2D eigenvalue weighted by molar-refractivity contribution is 5.30. The van der Waals surface area contributed by atoms with E-state index >= 15 is 0 Å². The van der Waals surface area contributed by atoms with Crippen LogP contribution in [0.1, 0.15) is 39.2 Å². The maximum absolute atomic E-state index is 5.85. The molecule has 0 aliphatic carbocycles. The molecular weight excluding hydrogens is 210 g/mol. The Labute approximate surface area is 105 Å². The fourth-order valence-corrected chi connectivity index (χ4v) is 1.76. The third kappa shape index (κ3) is 4.39. The van der Waals surface area contributed by atoms with Gasteiger partial charge >= 0.3 is 0 Å². The summed E-state index contributed by atoms with van der Waals surface area (Å²) >= 11 is 0. The van der Waals surface area contributed by atoms with Gasteiger partial charge in [0.2, 0.25) is 0 Å². The lowest BCUT2D eigenvalue weighted by Gasteiger charge is -2.20. The average Bonchev–Trinajstić information content (AvgIpc) is 2.29. The molecule has 2 nitrogen and oxygen atoms in total. The zero-order chi connectivity index (χ0) is 12.8. The van der Waals surface area contributed by atoms with Gasteiger partial charge in [0.1, 0.15) is 12.4 Å². The third-order valence-corrected chi connectivity index (χ3v) is 3.13. The summed E-state index contributed by atoms with van der Waals surface area (Å²) in [5.41, 5.74) is 1.33. The fraction of sp³-hybridized carbons (Fsp3) is 0.600. The number of ether oxygens (including phenoxy) is 1. The van der Waals surface area contributed by atoms with Crippen molar-refractivity contribution in [1.82, 2.24) is 5.32 Å². The first-order valence-electron chi connectivity index (χ1n) is 6.44. The van der Waals surface area contributed by atoms with Crippen LogP contribution in [0.25, 0.3) is 0 Å². The predicted octanol–water partition coefficient (Wildman–Crippen LogP) is 3.43. The highest BCUT2D eigenvalue weighted by Crippen LogP contribution is 2.20. The minimum atomic E-state index is 0.401. The average molecular weight is 235 g/mol. The minimum absolute atomic E-state index is 0.401. The Kier molecular flexibility index (Phi) is 5.49. The second-order valence-electron chi connectivity index (χ2n) is 5.18. The van der Waals surface area contributed by atoms with Crippen LogP contribution in [-0.2, 0) is 0 Å². The van der Waals surface area contributed by atoms with Crippen molar-refractivity contribution >= 4 is 0 Å². The molecule has 0 saturated carbocycles. The van der Waals surface area contributed by atoms with Crippen LogP contribution in [0.3, 0.4) is 0 Å². The molecule has 0 amide bonds. The van der Waals surface area contributed by atoms with E-state index in [1.165, 1.54) is 5.56 Å². The van der Waals surface area contributed by atoms with E-state index < -0.39 is 0 Å². The molecule has 17 heavy (non-hydrogen) atoms. The Hall–Kier alpha value is -1.02. The molecule has 1 aromatic rings. The number of benzene rings is 1. The lowest BCUT2D eigenvalue weighted by Crippen LogP contribution is -2.36. The molecule has 96 valence electrons. The first-order valence-corrected chi connectivity index (χ1v) is 6.44. The number of rotatable bonds is 6. The second-order valence-corrected chi connectivity index (χ2v) is 5.18. The molecule has 0 aliphatic rings. The Morgan fingerprint density at radius 1 is 1.18 bits per heavy atom. The Bertz CT molecular complexity index is 333. The maximum atomic E-state index is 5.85. The maximum Gasteiger partial charge on any atom is 0.119 e. The van der Waals surface area contributed by atoms with E-state index in [1.807, 2.05) is 13.1 Å². The molecule has 0 fully saturated rings. The van der Waals surface area contributed by atoms with E-state index in [2.05, 4.69) is 51.2 Å². The van der Waals surface area contributed by atoms with Crippen LogP contribution < -0.4 is 10.1 Å². The van der Waals surface area contributed by atoms with Gasteiger partial charge in [-0.3, -0.25) is 0 Å². The fourth-order valence-electron chi connectivity index (χ4n) is 1.76. The lowest BCUT2D eigenvalue weighted by molar-refractivity contribution is 0.238. The van der Waals surface area contributed by atoms with E-state index in [9.17, 15) is 0 Å². The van der Waals surface area contributed by atoms with Crippen LogP contribution >= 0.6 is 0 Å². The van der Waals surface area contributed by atoms with Crippen LogP contribution in [0.4, 0.5) is 0 Å². The molecule has 0 aliphatic heterocycles. The van der Waals surface area contributed by atoms with Crippen molar-refractivity contribution in [2.75, 3.05) is 13.7 Å². The second kappa shape index (κ2) is 6.65. The molecule has 1 aromatic carbocycles. The summed E-state index contributed by atoms with van der Waals surface area (Å²) in [6, 6.07) is 8.78. The number of likely N-dealkylation sites (N-methyl/N-ethyl adjacent to an activating group) is 1. The first-order chi connectivity index (χ1) is 8.04. The van der Waals surface area contributed by atoms with Crippen LogP contribution in [0.15, 0.2) is 24.3 Å². The van der Waals surface area contributed by atoms with Crippen molar-refractivity contribution in [3.63, 3.8) is 0 Å². The minimum Gasteiger partial charge on any atom is -0.492 e. The molecule has 1 rings (SSSR count). The summed E-state index contributed by atoms with van der Waals surface area (Å²) in [7, 11) is 1.98. The van der Waals surface area contributed by atoms with Crippen LogP contribution in [0.2, 0.25) is 0 Å². The molecule has 2 heteroatoms. The standard InChI is InChI=1S/C15H25NO/c1-11(2)13-7-6-8-14(9-13)17-10-15(16-5)12(3)4/h6-9,11-12,15-16H,10H2,1-5H3. The van der Waals surface area contributed by atoms with Crippen molar-refractivity contribution in [1.29, 1.82) is 0 Å². The normalized spacial score (nSPS) is 13.1. The van der Waals surface area contributed by atoms with Gasteiger partial charge < -0.3 is 10.1 Å². The zero-order valence-corrected chi connectivity index (χ0v) is 11.7. The molecule has 0 radical (unpaired) electrons. The van der Waals surface area contributed by atoms with Gasteiger partial charge in [0, 0.05) is 6.04 Å². The summed E-state index contributed by atoms with van der Waals surface area (Å²) in [5.74, 6) is 2.09. The Morgan fingerprint density at radius 3 is 2.41 bits per heavy atom. The molecule has 0 saturated heterocycles. The van der Waals surface area contributed by atoms with Crippen molar-refractivity contribution in [2.24, 2.45) is 5.92 Å². The van der Waals surface area contributed by atoms with Crippen molar-refractivity contribution < 1.29 is 4.74 Å². The van der Waals surface area contributed by atoms with Gasteiger partial charge in [-0.25, -0.2) is 0 Å². The predicted molar refractivity (Wildman–Crippen MR) is 73.7 cm³/mol. The van der Waals surface area contributed by atoms with Gasteiger partial charge in [0.25, 0.3) is 0 Å². The monoisotopic (exact) mass is 235 g/mol. The summed E-state index contributed by atoms with van der Waals surface area (Å²) in [5, 5.41) is 3.28. The summed E-state index contributed by atoms with van der Waals surface area (Å²) in [6.45, 7) is 9.52. The number of nitrogens with one attached hydrogen (secondary N) is 1. The molecule has 0 heterocycles. The molecule has 0 aromatic heterocycles. The highest BCUT2D eigenvalue weighted by Gasteiger charge is 2.11. The Balaban J connectivity index is 2.59. The van der Waals surface area contributed by atoms with Crippen LogP contribution in [0, 0.1) is 5.92 Å². The zero-order valence-electron chi connectivity index (χ0n) is 11.7.